The van der Waals surface area contributed by atoms with Crippen molar-refractivity contribution >= 4 is 5.69 Å². The number of nitrogens with zero attached hydrogens (tertiary/aromatic N) is 1. The molecule has 0 aromatic heterocycles. The Kier molecular flexibility index (Phi) is 2.42. The van der Waals surface area contributed by atoms with Crippen molar-refractivity contribution in [1.82, 2.24) is 0 Å². The van der Waals surface area contributed by atoms with Crippen molar-refractivity contribution in [2.45, 2.75) is 12.3 Å². The van der Waals surface area contributed by atoms with Crippen molar-refractivity contribution in [2.24, 2.45) is 0 Å². The molecule has 1 unspecified atom stereocenters. The summed E-state index contributed by atoms with van der Waals surface area (Å²) in [5.74, 6) is 0.0812. The number of benzene rings is 1. The first-order chi connectivity index (χ1) is 6.72. The average molecular weight is 195 g/mol. The number of fused-ring (bicyclic) bond motifs is 1. The molecule has 1 atom stereocenters. The van der Waals surface area contributed by atoms with Crippen LogP contribution < -0.4 is 4.90 Å². The van der Waals surface area contributed by atoms with Gasteiger partial charge in [-0.05, 0) is 30.2 Å². The number of hydrogen-bond acceptors (Lipinski definition) is 2. The van der Waals surface area contributed by atoms with Gasteiger partial charge in [0.25, 0.3) is 0 Å². The Labute approximate surface area is 83.0 Å². The van der Waals surface area contributed by atoms with Crippen molar-refractivity contribution < 1.29 is 9.50 Å². The summed E-state index contributed by atoms with van der Waals surface area (Å²) in [4.78, 5) is 2.11. The summed E-state index contributed by atoms with van der Waals surface area (Å²) in [5.41, 5.74) is 2.12. The number of rotatable bonds is 2. The molecule has 2 rings (SSSR count). The van der Waals surface area contributed by atoms with Crippen molar-refractivity contribution in [1.29, 1.82) is 0 Å². The number of anilines is 1. The topological polar surface area (TPSA) is 23.5 Å². The van der Waals surface area contributed by atoms with E-state index in [4.69, 9.17) is 5.11 Å². The second-order valence-corrected chi connectivity index (χ2v) is 3.79. The Morgan fingerprint density at radius 2 is 2.36 bits per heavy atom. The van der Waals surface area contributed by atoms with Gasteiger partial charge in [-0.25, -0.2) is 4.39 Å². The van der Waals surface area contributed by atoms with Gasteiger partial charge in [0.1, 0.15) is 5.82 Å². The normalized spacial score (nSPS) is 19.9. The fourth-order valence-corrected chi connectivity index (χ4v) is 2.13. The van der Waals surface area contributed by atoms with E-state index in [1.54, 1.807) is 6.07 Å². The zero-order valence-corrected chi connectivity index (χ0v) is 8.20. The maximum Gasteiger partial charge on any atom is 0.123 e. The molecule has 0 amide bonds. The number of aliphatic hydroxyl groups excluding tert-OH is 1. The first kappa shape index (κ1) is 9.46. The van der Waals surface area contributed by atoms with Crippen LogP contribution in [0, 0.1) is 5.82 Å². The van der Waals surface area contributed by atoms with E-state index in [0.717, 1.165) is 17.8 Å². The van der Waals surface area contributed by atoms with Crippen LogP contribution in [0.2, 0.25) is 0 Å². The number of likely N-dealkylation sites (N-methyl/N-ethyl adjacent to an activating group) is 1. The molecule has 1 aliphatic heterocycles. The fourth-order valence-electron chi connectivity index (χ4n) is 2.13. The molecule has 0 saturated carbocycles. The number of aliphatic hydroxyl groups is 1. The lowest BCUT2D eigenvalue weighted by molar-refractivity contribution is 0.278. The molecule has 3 heteroatoms. The summed E-state index contributed by atoms with van der Waals surface area (Å²) >= 11 is 0. The van der Waals surface area contributed by atoms with E-state index in [9.17, 15) is 4.39 Å². The molecule has 0 aliphatic carbocycles. The molecule has 1 aliphatic rings. The Morgan fingerprint density at radius 3 is 3.07 bits per heavy atom. The maximum atomic E-state index is 13.0. The molecule has 0 saturated heterocycles. The van der Waals surface area contributed by atoms with E-state index < -0.39 is 0 Å². The van der Waals surface area contributed by atoms with Crippen LogP contribution in [-0.4, -0.2) is 25.3 Å². The average Bonchev–Trinajstić information content (AvgIpc) is 2.44. The highest BCUT2D eigenvalue weighted by atomic mass is 19.1. The summed E-state index contributed by atoms with van der Waals surface area (Å²) in [7, 11) is 1.99. The van der Waals surface area contributed by atoms with Crippen LogP contribution in [0.15, 0.2) is 18.2 Å². The van der Waals surface area contributed by atoms with Crippen LogP contribution in [0.4, 0.5) is 10.1 Å². The Morgan fingerprint density at radius 1 is 1.57 bits per heavy atom. The highest BCUT2D eigenvalue weighted by molar-refractivity contribution is 5.59. The van der Waals surface area contributed by atoms with Gasteiger partial charge in [-0.1, -0.05) is 0 Å². The predicted molar refractivity (Wildman–Crippen MR) is 54.1 cm³/mol. The summed E-state index contributed by atoms with van der Waals surface area (Å²) < 4.78 is 13.0. The molecule has 1 N–H and O–H groups in total. The van der Waals surface area contributed by atoms with Gasteiger partial charge in [-0.15, -0.1) is 0 Å². The highest BCUT2D eigenvalue weighted by Gasteiger charge is 2.25. The standard InChI is InChI=1S/C11H14FNO/c1-13-7-8(4-5-14)10-6-9(12)2-3-11(10)13/h2-3,6,8,14H,4-5,7H2,1H3. The smallest absolute Gasteiger partial charge is 0.123 e. The quantitative estimate of drug-likeness (QED) is 0.777. The third kappa shape index (κ3) is 1.48. The fraction of sp³-hybridized carbons (Fsp3) is 0.455. The molecule has 14 heavy (non-hydrogen) atoms. The molecule has 1 aromatic carbocycles. The number of halogens is 1. The van der Waals surface area contributed by atoms with Crippen LogP contribution in [0.5, 0.6) is 0 Å². The van der Waals surface area contributed by atoms with Gasteiger partial charge in [0.05, 0.1) is 0 Å². The maximum absolute atomic E-state index is 13.0. The van der Waals surface area contributed by atoms with Gasteiger partial charge >= 0.3 is 0 Å². The largest absolute Gasteiger partial charge is 0.396 e. The lowest BCUT2D eigenvalue weighted by atomic mass is 9.98. The second-order valence-electron chi connectivity index (χ2n) is 3.79. The molecule has 0 fully saturated rings. The van der Waals surface area contributed by atoms with Crippen LogP contribution in [0.25, 0.3) is 0 Å². The molecular formula is C11H14FNO. The molecule has 0 bridgehead atoms. The summed E-state index contributed by atoms with van der Waals surface area (Å²) in [6.07, 6.45) is 0.709. The second kappa shape index (κ2) is 3.58. The van der Waals surface area contributed by atoms with Gasteiger partial charge in [0.15, 0.2) is 0 Å². The summed E-state index contributed by atoms with van der Waals surface area (Å²) in [6.45, 7) is 1.04. The van der Waals surface area contributed by atoms with Crippen LogP contribution in [-0.2, 0) is 0 Å². The lowest BCUT2D eigenvalue weighted by Crippen LogP contribution is -2.15. The highest BCUT2D eigenvalue weighted by Crippen LogP contribution is 2.37. The first-order valence-electron chi connectivity index (χ1n) is 4.84. The van der Waals surface area contributed by atoms with Crippen molar-refractivity contribution in [3.63, 3.8) is 0 Å². The zero-order chi connectivity index (χ0) is 10.1. The van der Waals surface area contributed by atoms with Gasteiger partial charge in [0, 0.05) is 31.8 Å². The summed E-state index contributed by atoms with van der Waals surface area (Å²) in [5, 5.41) is 8.90. The van der Waals surface area contributed by atoms with E-state index >= 15 is 0 Å². The van der Waals surface area contributed by atoms with Gasteiger partial charge in [0.2, 0.25) is 0 Å². The molecule has 1 heterocycles. The van der Waals surface area contributed by atoms with Crippen molar-refractivity contribution in [3.05, 3.63) is 29.6 Å². The van der Waals surface area contributed by atoms with Crippen LogP contribution in [0.1, 0.15) is 17.9 Å². The molecular weight excluding hydrogens is 181 g/mol. The van der Waals surface area contributed by atoms with E-state index in [1.165, 1.54) is 6.07 Å². The van der Waals surface area contributed by atoms with E-state index in [1.807, 2.05) is 13.1 Å². The minimum atomic E-state index is -0.193. The van der Waals surface area contributed by atoms with Crippen molar-refractivity contribution in [2.75, 3.05) is 25.1 Å². The molecule has 76 valence electrons. The van der Waals surface area contributed by atoms with Gasteiger partial charge in [-0.3, -0.25) is 0 Å². The predicted octanol–water partition coefficient (Wildman–Crippen LogP) is 1.74. The van der Waals surface area contributed by atoms with Gasteiger partial charge < -0.3 is 10.0 Å². The molecule has 1 aromatic rings. The van der Waals surface area contributed by atoms with E-state index in [-0.39, 0.29) is 18.3 Å². The molecule has 2 nitrogen and oxygen atoms in total. The van der Waals surface area contributed by atoms with Crippen molar-refractivity contribution in [3.8, 4) is 0 Å². The first-order valence-corrected chi connectivity index (χ1v) is 4.84. The Balaban J connectivity index is 2.35. The monoisotopic (exact) mass is 195 g/mol. The minimum Gasteiger partial charge on any atom is -0.396 e. The Hall–Kier alpha value is -1.09. The summed E-state index contributed by atoms with van der Waals surface area (Å²) in [6, 6.07) is 4.87. The van der Waals surface area contributed by atoms with E-state index in [2.05, 4.69) is 4.90 Å². The van der Waals surface area contributed by atoms with Crippen LogP contribution in [0.3, 0.4) is 0 Å². The van der Waals surface area contributed by atoms with Gasteiger partial charge in [-0.2, -0.15) is 0 Å². The zero-order valence-electron chi connectivity index (χ0n) is 8.20. The molecule has 0 radical (unpaired) electrons. The third-order valence-corrected chi connectivity index (χ3v) is 2.81. The van der Waals surface area contributed by atoms with E-state index in [0.29, 0.717) is 6.42 Å². The third-order valence-electron chi connectivity index (χ3n) is 2.81. The molecule has 0 spiro atoms. The SMILES string of the molecule is CN1CC(CCO)c2cc(F)ccc21. The Bertz CT molecular complexity index is 340. The minimum absolute atomic E-state index is 0.161. The van der Waals surface area contributed by atoms with Crippen LogP contribution >= 0.6 is 0 Å². The number of hydrogen-bond donors (Lipinski definition) is 1. The lowest BCUT2D eigenvalue weighted by Gasteiger charge is -2.11.